The summed E-state index contributed by atoms with van der Waals surface area (Å²) in [6, 6.07) is 21.9. The summed E-state index contributed by atoms with van der Waals surface area (Å²) in [5, 5.41) is 0. The van der Waals surface area contributed by atoms with Crippen LogP contribution < -0.4 is 15.9 Å². The Morgan fingerprint density at radius 3 is 2.65 bits per heavy atom. The molecule has 0 aliphatic carbocycles. The number of aromatic nitrogens is 1. The second kappa shape index (κ2) is 5.09. The van der Waals surface area contributed by atoms with Gasteiger partial charge in [-0.25, -0.2) is 0 Å². The molecule has 0 radical (unpaired) electrons. The van der Waals surface area contributed by atoms with Gasteiger partial charge in [0, 0.05) is 0 Å². The van der Waals surface area contributed by atoms with Gasteiger partial charge in [0.1, 0.15) is 0 Å². The maximum atomic E-state index is 4.75. The molecule has 3 heterocycles. The van der Waals surface area contributed by atoms with Crippen molar-refractivity contribution in [2.45, 2.75) is 33.5 Å². The van der Waals surface area contributed by atoms with E-state index >= 15 is 0 Å². The van der Waals surface area contributed by atoms with Crippen LogP contribution in [0.1, 0.15) is 19.4 Å². The molecule has 26 heavy (non-hydrogen) atoms. The third kappa shape index (κ3) is 1.86. The van der Waals surface area contributed by atoms with Crippen molar-refractivity contribution in [2.75, 3.05) is 9.80 Å². The molecule has 0 amide bonds. The first-order valence-corrected chi connectivity index (χ1v) is 11.2. The van der Waals surface area contributed by atoms with Crippen LogP contribution in [0.3, 0.4) is 0 Å². The fraction of sp³-hybridized carbons (Fsp3) is 0.227. The fourth-order valence-electron chi connectivity index (χ4n) is 3.72. The van der Waals surface area contributed by atoms with Crippen LogP contribution >= 0.6 is 0 Å². The number of rotatable bonds is 2. The van der Waals surface area contributed by atoms with Crippen molar-refractivity contribution < 1.29 is 0 Å². The molecule has 0 saturated carbocycles. The van der Waals surface area contributed by atoms with Crippen molar-refractivity contribution >= 4 is 23.3 Å². The second-order valence-electron chi connectivity index (χ2n) is 6.96. The first kappa shape index (κ1) is 14.5. The number of hydrogen-bond acceptors (Lipinski definition) is 3. The Bertz CT molecular complexity index is 998. The second-order valence-corrected chi connectivity index (χ2v) is 9.85. The number of benzene rings is 2. The van der Waals surface area contributed by atoms with Gasteiger partial charge in [-0.2, -0.15) is 0 Å². The molecule has 2 aromatic carbocycles. The standard InChI is InChI=1S/C22H21N3.Lr/c1-16(2)24-15-25(22-21(24)12-7-13-23-22)19-10-6-9-18(14-19)20-11-5-4-8-17(20)3;/h4-9,11-16H,1-3H3;. The van der Waals surface area contributed by atoms with Crippen LogP contribution in [-0.2, 0) is 0 Å². The van der Waals surface area contributed by atoms with E-state index < -0.39 is 0 Å². The maximum absolute atomic E-state index is 4.75. The van der Waals surface area contributed by atoms with Crippen molar-refractivity contribution in [3.05, 3.63) is 66.4 Å². The molecule has 0 N–H and O–H groups in total. The molecule has 139 valence electrons. The summed E-state index contributed by atoms with van der Waals surface area (Å²) in [5.41, 5.74) is 6.55. The minimum atomic E-state index is 0.0158. The number of anilines is 3. The number of nitrogens with zero attached hydrogens (tertiary/aromatic N) is 3. The quantitative estimate of drug-likeness (QED) is 0.441. The third-order valence-corrected chi connectivity index (χ3v) is 8.25. The Labute approximate surface area is 149 Å². The SMILES string of the molecule is Cc1ccccc1-c1cc[c]2c(c1)N1c3ncccc3N(C(C)C)[CH]1[Lr]2. The monoisotopic (exact) mass is 589 g/mol. The molecule has 2 aliphatic heterocycles. The summed E-state index contributed by atoms with van der Waals surface area (Å²) < 4.78 is 0.0158. The summed E-state index contributed by atoms with van der Waals surface area (Å²) in [4.78, 5) is 9.79. The van der Waals surface area contributed by atoms with Crippen LogP contribution in [0.4, 0.5) is 17.2 Å². The van der Waals surface area contributed by atoms with Gasteiger partial charge in [0.05, 0.1) is 0 Å². The fourth-order valence-corrected chi connectivity index (χ4v) is 7.51. The van der Waals surface area contributed by atoms with Crippen molar-refractivity contribution in [3.63, 3.8) is 0 Å². The molecule has 0 saturated heterocycles. The molecule has 2 aliphatic rings. The molecule has 5 rings (SSSR count). The zero-order chi connectivity index (χ0) is 17.8. The van der Waals surface area contributed by atoms with Crippen molar-refractivity contribution in [2.24, 2.45) is 0 Å². The number of pyridine rings is 1. The van der Waals surface area contributed by atoms with Gasteiger partial charge < -0.3 is 0 Å². The third-order valence-electron chi connectivity index (χ3n) is 4.97. The van der Waals surface area contributed by atoms with Gasteiger partial charge in [0.15, 0.2) is 0 Å². The van der Waals surface area contributed by atoms with Gasteiger partial charge in [-0.1, -0.05) is 0 Å². The van der Waals surface area contributed by atoms with Gasteiger partial charge in [-0.05, 0) is 0 Å². The normalized spacial score (nSPS) is 16.8. The topological polar surface area (TPSA) is 19.4 Å². The number of hydrogen-bond donors (Lipinski definition) is 0. The summed E-state index contributed by atoms with van der Waals surface area (Å²) in [6.45, 7) is 7.18. The number of fused-ring (bicyclic) bond motifs is 5. The molecule has 0 bridgehead atoms. The minimum absolute atomic E-state index is 0.0158. The van der Waals surface area contributed by atoms with Gasteiger partial charge in [-0.3, -0.25) is 0 Å². The van der Waals surface area contributed by atoms with Crippen molar-refractivity contribution in [1.82, 2.24) is 4.98 Å². The molecular formula is C22H21LrN3. The molecule has 0 spiro atoms. The summed E-state index contributed by atoms with van der Waals surface area (Å²) >= 11 is 0. The van der Waals surface area contributed by atoms with Crippen LogP contribution in [0.5, 0.6) is 0 Å². The summed E-state index contributed by atoms with van der Waals surface area (Å²) in [5.74, 6) is 1.11. The van der Waals surface area contributed by atoms with Crippen LogP contribution in [0.25, 0.3) is 11.1 Å². The average molecular weight is 589 g/mol. The molecule has 3 nitrogen and oxygen atoms in total. The van der Waals surface area contributed by atoms with Gasteiger partial charge in [0.25, 0.3) is 0 Å². The molecule has 1 atom stereocenters. The van der Waals surface area contributed by atoms with E-state index in [-0.39, 0.29) is 0 Å². The summed E-state index contributed by atoms with van der Waals surface area (Å²) in [6.07, 6.45) is 1.92. The first-order valence-electron chi connectivity index (χ1n) is 8.88. The van der Waals surface area contributed by atoms with E-state index in [1.807, 2.05) is 6.20 Å². The number of aryl methyl sites for hydroxylation is 1. The van der Waals surface area contributed by atoms with Crippen LogP contribution in [0.2, 0.25) is 0 Å². The van der Waals surface area contributed by atoms with Crippen molar-refractivity contribution in [3.8, 4) is 11.1 Å². The first-order chi connectivity index (χ1) is 12.6. The van der Waals surface area contributed by atoms with E-state index in [0.717, 1.165) is 5.82 Å². The predicted molar refractivity (Wildman–Crippen MR) is 104 cm³/mol. The zero-order valence-corrected chi connectivity index (χ0v) is 17.2. The van der Waals surface area contributed by atoms with E-state index in [9.17, 15) is 0 Å². The van der Waals surface area contributed by atoms with Crippen LogP contribution in [0, 0.1) is 6.92 Å². The zero-order valence-electron chi connectivity index (χ0n) is 15.0. The molecule has 4 heteroatoms. The Morgan fingerprint density at radius 2 is 1.85 bits per heavy atom. The Kier molecular flexibility index (Phi) is 2.84. The van der Waals surface area contributed by atoms with E-state index in [4.69, 9.17) is 4.98 Å². The Hall–Kier alpha value is -3.81. The van der Waals surface area contributed by atoms with Gasteiger partial charge >= 0.3 is 149 Å². The van der Waals surface area contributed by atoms with Gasteiger partial charge in [-0.15, -0.1) is 0 Å². The van der Waals surface area contributed by atoms with E-state index in [2.05, 4.69) is 85.2 Å². The van der Waals surface area contributed by atoms with E-state index in [1.165, 1.54) is 34.1 Å². The van der Waals surface area contributed by atoms with Crippen LogP contribution in [-0.4, -0.2) is 17.7 Å². The molecule has 1 aromatic heterocycles. The molecular weight excluding hydrogens is 568 g/mol. The Morgan fingerprint density at radius 1 is 1.00 bits per heavy atom. The molecule has 0 fully saturated rings. The molecule has 1 unspecified atom stereocenters. The van der Waals surface area contributed by atoms with Crippen LogP contribution in [0.15, 0.2) is 60.8 Å². The average Bonchev–Trinajstić information content (AvgIpc) is 3.15. The Balaban J connectivity index is 1.66. The summed E-state index contributed by atoms with van der Waals surface area (Å²) in [7, 11) is 0. The molecule has 3 aromatic rings. The predicted octanol–water partition coefficient (Wildman–Crippen LogP) is 4.43. The van der Waals surface area contributed by atoms with E-state index in [0.29, 0.717) is 12.7 Å². The van der Waals surface area contributed by atoms with E-state index in [1.54, 1.807) is 0 Å². The van der Waals surface area contributed by atoms with Crippen molar-refractivity contribution in [1.29, 1.82) is 0 Å². The van der Waals surface area contributed by atoms with Gasteiger partial charge in [0.2, 0.25) is 0 Å².